The third kappa shape index (κ3) is 3.76. The molecule has 0 saturated heterocycles. The SMILES string of the molecule is C[NH+]1CCc2nc(SCc3ccccc3Cl)c(C#N)c(-c3cccs3)c2C1. The molecule has 0 radical (unpaired) electrons. The number of fused-ring (bicyclic) bond motifs is 1. The van der Waals surface area contributed by atoms with Gasteiger partial charge in [0.1, 0.15) is 17.6 Å². The van der Waals surface area contributed by atoms with Gasteiger partial charge in [0.15, 0.2) is 0 Å². The number of hydrogen-bond acceptors (Lipinski definition) is 4. The monoisotopic (exact) mass is 412 g/mol. The minimum Gasteiger partial charge on any atom is -0.333 e. The lowest BCUT2D eigenvalue weighted by molar-refractivity contribution is -0.895. The Bertz CT molecular complexity index is 1010. The fourth-order valence-electron chi connectivity index (χ4n) is 3.43. The normalized spacial score (nSPS) is 16.0. The number of aromatic nitrogens is 1. The van der Waals surface area contributed by atoms with E-state index in [0.29, 0.717) is 11.3 Å². The highest BCUT2D eigenvalue weighted by atomic mass is 35.5. The molecule has 0 amide bonds. The summed E-state index contributed by atoms with van der Waals surface area (Å²) in [6.45, 7) is 1.99. The van der Waals surface area contributed by atoms with E-state index in [2.05, 4.69) is 24.6 Å². The zero-order chi connectivity index (χ0) is 18.8. The van der Waals surface area contributed by atoms with Crippen LogP contribution in [-0.4, -0.2) is 18.6 Å². The van der Waals surface area contributed by atoms with Gasteiger partial charge < -0.3 is 4.90 Å². The van der Waals surface area contributed by atoms with Crippen molar-refractivity contribution >= 4 is 34.7 Å². The molecule has 136 valence electrons. The Kier molecular flexibility index (Phi) is 5.51. The molecule has 1 unspecified atom stereocenters. The van der Waals surface area contributed by atoms with Gasteiger partial charge in [-0.25, -0.2) is 4.98 Å². The Hall–Kier alpha value is -1.84. The average molecular weight is 413 g/mol. The van der Waals surface area contributed by atoms with Gasteiger partial charge in [0.25, 0.3) is 0 Å². The largest absolute Gasteiger partial charge is 0.333 e. The van der Waals surface area contributed by atoms with E-state index in [0.717, 1.165) is 51.3 Å². The third-order valence-corrected chi connectivity index (χ3v) is 7.10. The van der Waals surface area contributed by atoms with Crippen LogP contribution < -0.4 is 4.90 Å². The fraction of sp³-hybridized carbons (Fsp3) is 0.238. The summed E-state index contributed by atoms with van der Waals surface area (Å²) in [5.41, 5.74) is 5.22. The minimum atomic E-state index is 0.697. The summed E-state index contributed by atoms with van der Waals surface area (Å²) < 4.78 is 0. The van der Waals surface area contributed by atoms with Crippen LogP contribution in [0, 0.1) is 11.3 Å². The predicted molar refractivity (Wildman–Crippen MR) is 112 cm³/mol. The zero-order valence-electron chi connectivity index (χ0n) is 15.0. The molecular formula is C21H19ClN3S2+. The van der Waals surface area contributed by atoms with Gasteiger partial charge in [0.05, 0.1) is 24.8 Å². The molecule has 3 aromatic rings. The van der Waals surface area contributed by atoms with Crippen molar-refractivity contribution in [2.75, 3.05) is 13.6 Å². The number of halogens is 1. The number of rotatable bonds is 4. The molecule has 1 aliphatic heterocycles. The van der Waals surface area contributed by atoms with Crippen molar-refractivity contribution in [2.24, 2.45) is 0 Å². The first-order valence-electron chi connectivity index (χ1n) is 8.84. The molecule has 3 nitrogen and oxygen atoms in total. The molecule has 1 atom stereocenters. The van der Waals surface area contributed by atoms with Crippen molar-refractivity contribution in [3.8, 4) is 16.5 Å². The average Bonchev–Trinajstić information content (AvgIpc) is 3.20. The van der Waals surface area contributed by atoms with Gasteiger partial charge in [-0.2, -0.15) is 5.26 Å². The zero-order valence-corrected chi connectivity index (χ0v) is 17.3. The maximum atomic E-state index is 9.99. The van der Waals surface area contributed by atoms with E-state index in [4.69, 9.17) is 16.6 Å². The lowest BCUT2D eigenvalue weighted by atomic mass is 9.96. The van der Waals surface area contributed by atoms with Crippen molar-refractivity contribution in [1.82, 2.24) is 4.98 Å². The van der Waals surface area contributed by atoms with Crippen molar-refractivity contribution in [3.63, 3.8) is 0 Å². The first kappa shape index (κ1) is 18.5. The fourth-order valence-corrected chi connectivity index (χ4v) is 5.53. The second-order valence-electron chi connectivity index (χ2n) is 6.70. The number of nitrogens with one attached hydrogen (secondary N) is 1. The number of quaternary nitrogens is 1. The lowest BCUT2D eigenvalue weighted by Gasteiger charge is -2.25. The van der Waals surface area contributed by atoms with Crippen LogP contribution in [0.2, 0.25) is 5.02 Å². The summed E-state index contributed by atoms with van der Waals surface area (Å²) in [6.07, 6.45) is 0.949. The van der Waals surface area contributed by atoms with Crippen LogP contribution in [-0.2, 0) is 18.7 Å². The maximum absolute atomic E-state index is 9.99. The molecule has 1 N–H and O–H groups in total. The summed E-state index contributed by atoms with van der Waals surface area (Å²) in [5, 5.41) is 13.6. The molecular weight excluding hydrogens is 394 g/mol. The van der Waals surface area contributed by atoms with Crippen LogP contribution in [0.5, 0.6) is 0 Å². The number of nitriles is 1. The quantitative estimate of drug-likeness (QED) is 0.653. The third-order valence-electron chi connectivity index (χ3n) is 4.82. The first-order valence-corrected chi connectivity index (χ1v) is 11.1. The Labute approximate surface area is 172 Å². The van der Waals surface area contributed by atoms with Gasteiger partial charge in [-0.1, -0.05) is 35.9 Å². The van der Waals surface area contributed by atoms with E-state index in [-0.39, 0.29) is 0 Å². The number of thioether (sulfide) groups is 1. The Morgan fingerprint density at radius 3 is 2.89 bits per heavy atom. The van der Waals surface area contributed by atoms with Crippen molar-refractivity contribution < 1.29 is 4.90 Å². The smallest absolute Gasteiger partial charge is 0.115 e. The van der Waals surface area contributed by atoms with Gasteiger partial charge in [0.2, 0.25) is 0 Å². The topological polar surface area (TPSA) is 41.1 Å². The van der Waals surface area contributed by atoms with Gasteiger partial charge in [0, 0.05) is 33.2 Å². The summed E-state index contributed by atoms with van der Waals surface area (Å²) in [6, 6.07) is 14.4. The Morgan fingerprint density at radius 1 is 1.30 bits per heavy atom. The highest BCUT2D eigenvalue weighted by molar-refractivity contribution is 7.98. The molecule has 1 aromatic carbocycles. The highest BCUT2D eigenvalue weighted by Crippen LogP contribution is 2.38. The van der Waals surface area contributed by atoms with Gasteiger partial charge >= 0.3 is 0 Å². The number of nitrogens with zero attached hydrogens (tertiary/aromatic N) is 2. The molecule has 0 fully saturated rings. The van der Waals surface area contributed by atoms with Crippen molar-refractivity contribution in [3.05, 3.63) is 69.2 Å². The van der Waals surface area contributed by atoms with E-state index in [9.17, 15) is 5.26 Å². The number of benzene rings is 1. The molecule has 3 heterocycles. The van der Waals surface area contributed by atoms with Gasteiger partial charge in [-0.15, -0.1) is 23.1 Å². The molecule has 4 rings (SSSR count). The number of pyridine rings is 1. The lowest BCUT2D eigenvalue weighted by Crippen LogP contribution is -3.08. The second-order valence-corrected chi connectivity index (χ2v) is 9.01. The minimum absolute atomic E-state index is 0.697. The molecule has 6 heteroatoms. The summed E-state index contributed by atoms with van der Waals surface area (Å²) in [4.78, 5) is 7.54. The van der Waals surface area contributed by atoms with Crippen LogP contribution in [0.15, 0.2) is 46.8 Å². The van der Waals surface area contributed by atoms with Crippen molar-refractivity contribution in [1.29, 1.82) is 5.26 Å². The highest BCUT2D eigenvalue weighted by Gasteiger charge is 2.27. The standard InChI is InChI=1S/C21H18ClN3S2/c1-25-9-8-18-16(12-25)20(19-7-4-10-26-19)15(11-23)21(24-18)27-13-14-5-2-3-6-17(14)22/h2-7,10H,8-9,12-13H2,1H3/p+1. The van der Waals surface area contributed by atoms with Crippen LogP contribution >= 0.6 is 34.7 Å². The molecule has 0 aliphatic carbocycles. The molecule has 2 aromatic heterocycles. The Balaban J connectivity index is 1.79. The van der Waals surface area contributed by atoms with Crippen LogP contribution in [0.1, 0.15) is 22.4 Å². The summed E-state index contributed by atoms with van der Waals surface area (Å²) in [7, 11) is 2.20. The van der Waals surface area contributed by atoms with E-state index in [1.165, 1.54) is 10.5 Å². The summed E-state index contributed by atoms with van der Waals surface area (Å²) >= 11 is 9.60. The van der Waals surface area contributed by atoms with E-state index in [1.807, 2.05) is 30.3 Å². The van der Waals surface area contributed by atoms with Crippen LogP contribution in [0.25, 0.3) is 10.4 Å². The molecule has 0 saturated carbocycles. The van der Waals surface area contributed by atoms with Gasteiger partial charge in [-0.05, 0) is 23.1 Å². The Morgan fingerprint density at radius 2 is 2.15 bits per heavy atom. The first-order chi connectivity index (χ1) is 13.2. The number of likely N-dealkylation sites (N-methyl/N-ethyl adjacent to an activating group) is 1. The van der Waals surface area contributed by atoms with E-state index in [1.54, 1.807) is 23.1 Å². The molecule has 0 bridgehead atoms. The molecule has 0 spiro atoms. The molecule has 1 aliphatic rings. The van der Waals surface area contributed by atoms with E-state index < -0.39 is 0 Å². The molecule has 27 heavy (non-hydrogen) atoms. The summed E-state index contributed by atoms with van der Waals surface area (Å²) in [5.74, 6) is 0.704. The van der Waals surface area contributed by atoms with Crippen LogP contribution in [0.4, 0.5) is 0 Å². The van der Waals surface area contributed by atoms with Crippen molar-refractivity contribution in [2.45, 2.75) is 23.7 Å². The predicted octanol–water partition coefficient (Wildman–Crippen LogP) is 4.20. The number of thiophene rings is 1. The van der Waals surface area contributed by atoms with Gasteiger partial charge in [-0.3, -0.25) is 0 Å². The number of hydrogen-bond donors (Lipinski definition) is 1. The maximum Gasteiger partial charge on any atom is 0.115 e. The van der Waals surface area contributed by atoms with E-state index >= 15 is 0 Å². The van der Waals surface area contributed by atoms with Crippen LogP contribution in [0.3, 0.4) is 0 Å². The second kappa shape index (κ2) is 8.04.